The lowest BCUT2D eigenvalue weighted by Crippen LogP contribution is -2.30. The Kier molecular flexibility index (Phi) is 68.7. The van der Waals surface area contributed by atoms with E-state index in [1.807, 2.05) is 0 Å². The topological polar surface area (TPSA) is 237 Å². The SMILES string of the molecule is CCC(C)CCCCCCCCC(=O)OC[C@H](COP(=O)(O)OC[C@H](O)COP(=O)(O)OC[C@@H](COC(=O)CCCCCCCCCCCCC(C)C)OC(=O)CCCCCCCCCCCCCCCCCCCCC(C)C)OC(=O)CCCCCCCCCCCCCCCC(C)C. The second-order valence-electron chi connectivity index (χ2n) is 30.8. The van der Waals surface area contributed by atoms with Gasteiger partial charge < -0.3 is 33.8 Å². The second-order valence-corrected chi connectivity index (χ2v) is 33.7. The van der Waals surface area contributed by atoms with Gasteiger partial charge in [0.15, 0.2) is 12.2 Å². The number of esters is 4. The van der Waals surface area contributed by atoms with Gasteiger partial charge in [-0.05, 0) is 49.4 Å². The lowest BCUT2D eigenvalue weighted by atomic mass is 10.00. The summed E-state index contributed by atoms with van der Waals surface area (Å²) < 4.78 is 68.7. The van der Waals surface area contributed by atoms with Crippen LogP contribution in [0, 0.1) is 23.7 Å². The van der Waals surface area contributed by atoms with Gasteiger partial charge >= 0.3 is 39.5 Å². The van der Waals surface area contributed by atoms with Crippen molar-refractivity contribution in [2.24, 2.45) is 23.7 Å². The molecular formula is C81H158O17P2. The summed E-state index contributed by atoms with van der Waals surface area (Å²) in [5.41, 5.74) is 0. The Balaban J connectivity index is 5.22. The summed E-state index contributed by atoms with van der Waals surface area (Å²) in [6.07, 6.45) is 57.0. The minimum atomic E-state index is -4.96. The van der Waals surface area contributed by atoms with E-state index < -0.39 is 97.5 Å². The molecule has 0 bridgehead atoms. The first-order valence-electron chi connectivity index (χ1n) is 41.7. The van der Waals surface area contributed by atoms with Crippen LogP contribution in [0.25, 0.3) is 0 Å². The van der Waals surface area contributed by atoms with Gasteiger partial charge in [0.1, 0.15) is 19.3 Å². The zero-order chi connectivity index (χ0) is 73.8. The van der Waals surface area contributed by atoms with E-state index >= 15 is 0 Å². The number of aliphatic hydroxyl groups excluding tert-OH is 1. The van der Waals surface area contributed by atoms with Gasteiger partial charge in [-0.1, -0.05) is 364 Å². The maximum atomic E-state index is 13.1. The van der Waals surface area contributed by atoms with Crippen molar-refractivity contribution < 1.29 is 80.2 Å². The Morgan fingerprint density at radius 3 is 0.710 bits per heavy atom. The molecule has 0 radical (unpaired) electrons. The molecule has 0 saturated carbocycles. The molecule has 0 aliphatic heterocycles. The van der Waals surface area contributed by atoms with Gasteiger partial charge in [0.25, 0.3) is 0 Å². The van der Waals surface area contributed by atoms with Gasteiger partial charge in [-0.25, -0.2) is 9.13 Å². The first kappa shape index (κ1) is 98.1. The average Bonchev–Trinajstić information content (AvgIpc) is 0.912. The second kappa shape index (κ2) is 70.1. The van der Waals surface area contributed by atoms with Crippen molar-refractivity contribution in [3.63, 3.8) is 0 Å². The van der Waals surface area contributed by atoms with Crippen molar-refractivity contribution in [3.8, 4) is 0 Å². The molecule has 0 spiro atoms. The van der Waals surface area contributed by atoms with Gasteiger partial charge in [-0.3, -0.25) is 37.3 Å². The molecule has 0 saturated heterocycles. The molecule has 0 aromatic carbocycles. The lowest BCUT2D eigenvalue weighted by Gasteiger charge is -2.21. The van der Waals surface area contributed by atoms with E-state index in [9.17, 15) is 43.2 Å². The van der Waals surface area contributed by atoms with Crippen molar-refractivity contribution >= 4 is 39.5 Å². The number of carbonyl (C=O) groups excluding carboxylic acids is 4. The monoisotopic (exact) mass is 1470 g/mol. The molecule has 19 heteroatoms. The van der Waals surface area contributed by atoms with Crippen molar-refractivity contribution in [2.75, 3.05) is 39.6 Å². The molecule has 3 N–H and O–H groups in total. The van der Waals surface area contributed by atoms with Gasteiger partial charge in [0.05, 0.1) is 26.4 Å². The van der Waals surface area contributed by atoms with Gasteiger partial charge in [0, 0.05) is 25.7 Å². The summed E-state index contributed by atoms with van der Waals surface area (Å²) in [5.74, 6) is 0.981. The van der Waals surface area contributed by atoms with Crippen molar-refractivity contribution in [1.82, 2.24) is 0 Å². The van der Waals surface area contributed by atoms with Crippen LogP contribution in [0.1, 0.15) is 415 Å². The third-order valence-corrected chi connectivity index (χ3v) is 21.1. The van der Waals surface area contributed by atoms with Gasteiger partial charge in [-0.2, -0.15) is 0 Å². The fraction of sp³-hybridized carbons (Fsp3) is 0.951. The maximum absolute atomic E-state index is 13.1. The highest BCUT2D eigenvalue weighted by molar-refractivity contribution is 7.47. The van der Waals surface area contributed by atoms with Crippen molar-refractivity contribution in [3.05, 3.63) is 0 Å². The van der Waals surface area contributed by atoms with Crippen LogP contribution in [0.15, 0.2) is 0 Å². The van der Waals surface area contributed by atoms with Crippen LogP contribution in [-0.2, 0) is 65.4 Å². The van der Waals surface area contributed by atoms with Crippen LogP contribution in [0.5, 0.6) is 0 Å². The molecule has 0 aromatic heterocycles. The molecule has 0 aliphatic carbocycles. The maximum Gasteiger partial charge on any atom is 0.472 e. The molecule has 0 fully saturated rings. The third-order valence-electron chi connectivity index (χ3n) is 19.2. The van der Waals surface area contributed by atoms with Crippen LogP contribution >= 0.6 is 15.6 Å². The minimum Gasteiger partial charge on any atom is -0.462 e. The van der Waals surface area contributed by atoms with E-state index in [0.29, 0.717) is 25.7 Å². The molecule has 6 atom stereocenters. The predicted octanol–water partition coefficient (Wildman–Crippen LogP) is 24.0. The Labute approximate surface area is 613 Å². The van der Waals surface area contributed by atoms with E-state index in [4.69, 9.17) is 37.0 Å². The molecule has 594 valence electrons. The first-order valence-corrected chi connectivity index (χ1v) is 44.7. The van der Waals surface area contributed by atoms with Crippen LogP contribution in [0.2, 0.25) is 0 Å². The normalized spacial score (nSPS) is 14.3. The molecule has 0 amide bonds. The smallest absolute Gasteiger partial charge is 0.462 e. The molecule has 0 aliphatic rings. The Morgan fingerprint density at radius 1 is 0.280 bits per heavy atom. The number of unbranched alkanes of at least 4 members (excludes halogenated alkanes) is 43. The number of phosphoric acid groups is 2. The molecule has 100 heavy (non-hydrogen) atoms. The Bertz CT molecular complexity index is 1960. The Morgan fingerprint density at radius 2 is 0.480 bits per heavy atom. The number of hydrogen-bond donors (Lipinski definition) is 3. The number of carbonyl (C=O) groups is 4. The highest BCUT2D eigenvalue weighted by Gasteiger charge is 2.30. The Hall–Kier alpha value is -1.94. The fourth-order valence-corrected chi connectivity index (χ4v) is 14.0. The number of hydrogen-bond acceptors (Lipinski definition) is 15. The van der Waals surface area contributed by atoms with Crippen molar-refractivity contribution in [2.45, 2.75) is 433 Å². The first-order chi connectivity index (χ1) is 48.1. The van der Waals surface area contributed by atoms with Crippen LogP contribution in [0.4, 0.5) is 0 Å². The van der Waals surface area contributed by atoms with Gasteiger partial charge in [-0.15, -0.1) is 0 Å². The highest BCUT2D eigenvalue weighted by Crippen LogP contribution is 2.45. The molecule has 0 rings (SSSR count). The van der Waals surface area contributed by atoms with Crippen LogP contribution < -0.4 is 0 Å². The zero-order valence-electron chi connectivity index (χ0n) is 65.8. The molecule has 3 unspecified atom stereocenters. The minimum absolute atomic E-state index is 0.106. The summed E-state index contributed by atoms with van der Waals surface area (Å²) >= 11 is 0. The van der Waals surface area contributed by atoms with E-state index in [2.05, 4.69) is 55.4 Å². The number of phosphoric ester groups is 2. The quantitative estimate of drug-likeness (QED) is 0.0222. The summed E-state index contributed by atoms with van der Waals surface area (Å²) in [6.45, 7) is 14.2. The van der Waals surface area contributed by atoms with E-state index in [0.717, 1.165) is 120 Å². The number of aliphatic hydroxyl groups is 1. The third kappa shape index (κ3) is 73.0. The van der Waals surface area contributed by atoms with Crippen LogP contribution in [0.3, 0.4) is 0 Å². The zero-order valence-corrected chi connectivity index (χ0v) is 67.6. The predicted molar refractivity (Wildman–Crippen MR) is 409 cm³/mol. The van der Waals surface area contributed by atoms with E-state index in [1.54, 1.807) is 0 Å². The fourth-order valence-electron chi connectivity index (χ4n) is 12.4. The number of ether oxygens (including phenoxy) is 4. The molecule has 0 heterocycles. The summed E-state index contributed by atoms with van der Waals surface area (Å²) in [6, 6.07) is 0. The lowest BCUT2D eigenvalue weighted by molar-refractivity contribution is -0.161. The van der Waals surface area contributed by atoms with Crippen molar-refractivity contribution in [1.29, 1.82) is 0 Å². The molecular weight excluding hydrogens is 1310 g/mol. The van der Waals surface area contributed by atoms with Crippen LogP contribution in [-0.4, -0.2) is 96.7 Å². The summed E-state index contributed by atoms with van der Waals surface area (Å²) in [7, 11) is -9.92. The average molecular weight is 1470 g/mol. The van der Waals surface area contributed by atoms with E-state index in [-0.39, 0.29) is 25.7 Å². The molecule has 17 nitrogen and oxygen atoms in total. The standard InChI is InChI=1S/C81H158O17P2/c1-9-74(8)60-52-44-39-40-46-54-62-79(84)92-68-77(98-81(86)64-56-48-38-32-24-20-16-18-22-28-34-42-50-58-72(4)5)70-96-100(89,90)94-66-75(82)65-93-99(87,88)95-69-76(67-91-78(83)61-53-45-36-30-26-25-29-35-43-51-59-73(6)7)97-80(85)63-55-47-37-31-23-19-15-13-11-10-12-14-17-21-27-33-41-49-57-71(2)3/h71-77,82H,9-70H2,1-8H3,(H,87,88)(H,89,90)/t74?,75-,76-,77-/m1/s1. The summed E-state index contributed by atoms with van der Waals surface area (Å²) in [5, 5.41) is 10.6. The molecule has 0 aromatic rings. The number of rotatable bonds is 78. The van der Waals surface area contributed by atoms with E-state index in [1.165, 1.54) is 212 Å². The summed E-state index contributed by atoms with van der Waals surface area (Å²) in [4.78, 5) is 73.0. The highest BCUT2D eigenvalue weighted by atomic mass is 31.2. The largest absolute Gasteiger partial charge is 0.472 e. The van der Waals surface area contributed by atoms with Gasteiger partial charge in [0.2, 0.25) is 0 Å².